The van der Waals surface area contributed by atoms with E-state index in [0.29, 0.717) is 0 Å². The predicted octanol–water partition coefficient (Wildman–Crippen LogP) is 4.16. The molecule has 0 atom stereocenters. The van der Waals surface area contributed by atoms with Gasteiger partial charge < -0.3 is 10.6 Å². The Morgan fingerprint density at radius 1 is 0.419 bits per heavy atom. The van der Waals surface area contributed by atoms with Gasteiger partial charge in [0.25, 0.3) is 0 Å². The number of nitrogens with one attached hydrogen (secondary N) is 2. The zero-order chi connectivity index (χ0) is 23.4. The molecule has 0 aromatic rings. The Hall–Kier alpha value is -0.759. The number of hydrogen-bond acceptors (Lipinski definition) is 4. The molecule has 31 heavy (non-hydrogen) atoms. The van der Waals surface area contributed by atoms with E-state index in [2.05, 4.69) is 114 Å². The summed E-state index contributed by atoms with van der Waals surface area (Å²) in [5, 5.41) is 6.39. The minimum atomic E-state index is -0.0517. The molecule has 0 bridgehead atoms. The summed E-state index contributed by atoms with van der Waals surface area (Å²) in [6, 6.07) is 0. The molecular weight excluding hydrogens is 460 g/mol. The fourth-order valence-corrected chi connectivity index (χ4v) is 2.45. The van der Waals surface area contributed by atoms with E-state index in [0.717, 1.165) is 23.3 Å². The third-order valence-corrected chi connectivity index (χ3v) is 3.13. The first kappa shape index (κ1) is 30.2. The number of nitrogens with zero attached hydrogens (tertiary/aromatic N) is 4. The third-order valence-electron chi connectivity index (χ3n) is 3.13. The summed E-state index contributed by atoms with van der Waals surface area (Å²) in [4.78, 5) is 18.1. The molecule has 7 heteroatoms. The number of rotatable bonds is 0. The standard InChI is InChI=1S/2C12H21N3.Sr.2H/c2*1-11(2,3)14-9-7-8-10(13-9)15-12(4,5)6;;;/h2*7-8H,1-6H3,(H,13,14,15);;;. The van der Waals surface area contributed by atoms with Gasteiger partial charge in [0.1, 0.15) is 23.3 Å². The summed E-state index contributed by atoms with van der Waals surface area (Å²) in [6.45, 7) is 24.9. The van der Waals surface area contributed by atoms with Crippen molar-refractivity contribution >= 4 is 68.8 Å². The molecule has 0 amide bonds. The molecule has 2 N–H and O–H groups in total. The van der Waals surface area contributed by atoms with Crippen molar-refractivity contribution in [3.05, 3.63) is 24.3 Å². The average Bonchev–Trinajstić information content (AvgIpc) is 3.02. The SMILES string of the molecule is CC(C)(C)N=C1C=CC(=NC(C)(C)C)N1.CC(C)(C)N=C1C=CC(=NC(C)(C)C)N1.[SrH2]. The summed E-state index contributed by atoms with van der Waals surface area (Å²) in [5.74, 6) is 3.58. The van der Waals surface area contributed by atoms with Gasteiger partial charge in [-0.25, -0.2) is 0 Å². The van der Waals surface area contributed by atoms with Crippen LogP contribution in [0.4, 0.5) is 0 Å². The van der Waals surface area contributed by atoms with Crippen molar-refractivity contribution in [2.24, 2.45) is 20.0 Å². The molecule has 0 aromatic heterocycles. The van der Waals surface area contributed by atoms with Crippen LogP contribution in [0.1, 0.15) is 83.1 Å². The average molecular weight is 504 g/mol. The van der Waals surface area contributed by atoms with Crippen LogP contribution in [-0.2, 0) is 0 Å². The van der Waals surface area contributed by atoms with Crippen molar-refractivity contribution in [3.8, 4) is 0 Å². The van der Waals surface area contributed by atoms with Crippen molar-refractivity contribution in [1.29, 1.82) is 0 Å². The number of amidine groups is 4. The van der Waals surface area contributed by atoms with Crippen LogP contribution in [0.2, 0.25) is 0 Å². The van der Waals surface area contributed by atoms with Gasteiger partial charge in [-0.3, -0.25) is 20.0 Å². The molecule has 2 aliphatic heterocycles. The molecule has 0 saturated heterocycles. The van der Waals surface area contributed by atoms with Gasteiger partial charge in [-0.1, -0.05) is 0 Å². The summed E-state index contributed by atoms with van der Waals surface area (Å²) >= 11 is 0. The zero-order valence-corrected chi connectivity index (χ0v) is 21.1. The Kier molecular flexibility index (Phi) is 11.1. The monoisotopic (exact) mass is 504 g/mol. The van der Waals surface area contributed by atoms with E-state index in [1.54, 1.807) is 0 Å². The van der Waals surface area contributed by atoms with E-state index in [4.69, 9.17) is 0 Å². The maximum absolute atomic E-state index is 4.53. The van der Waals surface area contributed by atoms with Gasteiger partial charge in [0.15, 0.2) is 0 Å². The van der Waals surface area contributed by atoms with Crippen molar-refractivity contribution < 1.29 is 0 Å². The summed E-state index contributed by atoms with van der Waals surface area (Å²) in [7, 11) is 0. The third kappa shape index (κ3) is 15.6. The van der Waals surface area contributed by atoms with E-state index in [9.17, 15) is 0 Å². The van der Waals surface area contributed by atoms with Gasteiger partial charge in [0.2, 0.25) is 0 Å². The zero-order valence-electron chi connectivity index (χ0n) is 21.1. The van der Waals surface area contributed by atoms with Gasteiger partial charge in [-0.05, 0) is 107 Å². The van der Waals surface area contributed by atoms with Crippen LogP contribution in [0.3, 0.4) is 0 Å². The second kappa shape index (κ2) is 11.4. The van der Waals surface area contributed by atoms with Crippen molar-refractivity contribution in [3.63, 3.8) is 0 Å². The van der Waals surface area contributed by atoms with Crippen LogP contribution in [0, 0.1) is 0 Å². The van der Waals surface area contributed by atoms with Crippen LogP contribution in [0.5, 0.6) is 0 Å². The van der Waals surface area contributed by atoms with Crippen LogP contribution >= 0.6 is 0 Å². The molecule has 0 saturated carbocycles. The second-order valence-corrected chi connectivity index (χ2v) is 11.6. The Balaban J connectivity index is 0.000000562. The molecule has 0 fully saturated rings. The number of aliphatic imine (C=N–C) groups is 4. The van der Waals surface area contributed by atoms with E-state index in [1.165, 1.54) is 0 Å². The van der Waals surface area contributed by atoms with Gasteiger partial charge in [0, 0.05) is 0 Å². The summed E-state index contributed by atoms with van der Waals surface area (Å²) < 4.78 is 0. The molecule has 0 unspecified atom stereocenters. The van der Waals surface area contributed by atoms with E-state index < -0.39 is 0 Å². The van der Waals surface area contributed by atoms with Crippen LogP contribution in [0.15, 0.2) is 44.3 Å². The molecule has 172 valence electrons. The Morgan fingerprint density at radius 3 is 0.710 bits per heavy atom. The van der Waals surface area contributed by atoms with E-state index >= 15 is 0 Å². The quantitative estimate of drug-likeness (QED) is 0.487. The van der Waals surface area contributed by atoms with E-state index in [-0.39, 0.29) is 67.6 Å². The van der Waals surface area contributed by atoms with Crippen molar-refractivity contribution in [2.45, 2.75) is 105 Å². The predicted molar refractivity (Wildman–Crippen MR) is 142 cm³/mol. The summed E-state index contributed by atoms with van der Waals surface area (Å²) in [6.07, 6.45) is 7.87. The van der Waals surface area contributed by atoms with E-state index in [1.807, 2.05) is 24.3 Å². The minimum absolute atomic E-state index is 0. The topological polar surface area (TPSA) is 73.5 Å². The van der Waals surface area contributed by atoms with Crippen LogP contribution in [0.25, 0.3) is 0 Å². The fourth-order valence-electron chi connectivity index (χ4n) is 2.45. The molecule has 0 radical (unpaired) electrons. The van der Waals surface area contributed by atoms with Crippen LogP contribution in [-0.4, -0.2) is 91.0 Å². The van der Waals surface area contributed by atoms with Gasteiger partial charge in [0.05, 0.1) is 22.2 Å². The van der Waals surface area contributed by atoms with Crippen LogP contribution < -0.4 is 10.6 Å². The second-order valence-electron chi connectivity index (χ2n) is 11.6. The molecule has 0 aliphatic carbocycles. The first-order valence-electron chi connectivity index (χ1n) is 10.6. The molecule has 0 spiro atoms. The molecule has 2 heterocycles. The maximum atomic E-state index is 4.53. The first-order chi connectivity index (χ1) is 13.3. The number of hydrogen-bond donors (Lipinski definition) is 2. The van der Waals surface area contributed by atoms with Gasteiger partial charge in [-0.2, -0.15) is 0 Å². The summed E-state index contributed by atoms with van der Waals surface area (Å²) in [5.41, 5.74) is -0.207. The van der Waals surface area contributed by atoms with Gasteiger partial charge in [-0.15, -0.1) is 0 Å². The molecule has 2 aliphatic rings. The Morgan fingerprint density at radius 2 is 0.581 bits per heavy atom. The normalized spacial score (nSPS) is 21.8. The van der Waals surface area contributed by atoms with Crippen molar-refractivity contribution in [2.75, 3.05) is 0 Å². The molecule has 0 aromatic carbocycles. The molecule has 2 rings (SSSR count). The molecule has 6 nitrogen and oxygen atoms in total. The van der Waals surface area contributed by atoms with Gasteiger partial charge >= 0.3 is 45.5 Å². The first-order valence-corrected chi connectivity index (χ1v) is 10.6. The molecular formula is C24H44N6Sr. The Bertz CT molecular complexity index is 654. The Labute approximate surface area is 227 Å². The van der Waals surface area contributed by atoms with Crippen molar-refractivity contribution in [1.82, 2.24) is 10.6 Å². The fraction of sp³-hybridized carbons (Fsp3) is 0.667.